The number of sulfonamides is 1. The molecule has 0 spiro atoms. The van der Waals surface area contributed by atoms with E-state index in [9.17, 15) is 13.2 Å². The summed E-state index contributed by atoms with van der Waals surface area (Å²) in [6, 6.07) is 5.61. The third-order valence-electron chi connectivity index (χ3n) is 5.05. The van der Waals surface area contributed by atoms with Crippen molar-refractivity contribution in [1.29, 1.82) is 0 Å². The van der Waals surface area contributed by atoms with Gasteiger partial charge in [-0.25, -0.2) is 8.42 Å². The first kappa shape index (κ1) is 21.7. The number of carbonyl (C=O) groups is 1. The van der Waals surface area contributed by atoms with E-state index in [1.807, 2.05) is 32.0 Å². The van der Waals surface area contributed by atoms with Gasteiger partial charge >= 0.3 is 0 Å². The fourth-order valence-corrected chi connectivity index (χ4v) is 4.61. The van der Waals surface area contributed by atoms with Crippen molar-refractivity contribution in [2.45, 2.75) is 46.0 Å². The van der Waals surface area contributed by atoms with Gasteiger partial charge in [-0.3, -0.25) is 9.10 Å². The van der Waals surface area contributed by atoms with Crippen LogP contribution in [0, 0.1) is 13.8 Å². The van der Waals surface area contributed by atoms with Crippen molar-refractivity contribution in [2.24, 2.45) is 0 Å². The number of benzene rings is 1. The average molecular weight is 396 g/mol. The number of hydrogen-bond donors (Lipinski definition) is 1. The third-order valence-corrected chi connectivity index (χ3v) is 6.16. The Hall–Kier alpha value is -1.60. The molecule has 0 aromatic heterocycles. The van der Waals surface area contributed by atoms with Crippen LogP contribution in [0.1, 0.15) is 43.2 Å². The summed E-state index contributed by atoms with van der Waals surface area (Å²) in [6.45, 7) is 7.37. The Labute approximate surface area is 164 Å². The van der Waals surface area contributed by atoms with Crippen molar-refractivity contribution in [1.82, 2.24) is 10.2 Å². The minimum atomic E-state index is -3.55. The summed E-state index contributed by atoms with van der Waals surface area (Å²) in [5.74, 6) is -0.265. The highest BCUT2D eigenvalue weighted by Crippen LogP contribution is 2.26. The number of nitrogens with zero attached hydrogens (tertiary/aromatic N) is 2. The second-order valence-electron chi connectivity index (χ2n) is 7.47. The predicted molar refractivity (Wildman–Crippen MR) is 111 cm³/mol. The van der Waals surface area contributed by atoms with E-state index in [0.717, 1.165) is 43.4 Å². The van der Waals surface area contributed by atoms with Crippen LogP contribution in [0.4, 0.5) is 5.69 Å². The van der Waals surface area contributed by atoms with Crippen LogP contribution in [-0.4, -0.2) is 58.2 Å². The maximum absolute atomic E-state index is 12.4. The molecule has 0 radical (unpaired) electrons. The van der Waals surface area contributed by atoms with Crippen molar-refractivity contribution in [3.63, 3.8) is 0 Å². The zero-order valence-electron chi connectivity index (χ0n) is 16.8. The smallest absolute Gasteiger partial charge is 0.240 e. The number of carbonyl (C=O) groups excluding carboxylic acids is 1. The molecule has 6 nitrogen and oxygen atoms in total. The van der Waals surface area contributed by atoms with Gasteiger partial charge < -0.3 is 10.2 Å². The topological polar surface area (TPSA) is 69.7 Å². The lowest BCUT2D eigenvalue weighted by molar-refractivity contribution is -0.119. The van der Waals surface area contributed by atoms with Gasteiger partial charge in [0.1, 0.15) is 6.54 Å². The molecule has 1 heterocycles. The van der Waals surface area contributed by atoms with E-state index in [4.69, 9.17) is 0 Å². The van der Waals surface area contributed by atoms with Gasteiger partial charge in [0.05, 0.1) is 11.9 Å². The van der Waals surface area contributed by atoms with Gasteiger partial charge in [-0.2, -0.15) is 0 Å². The fourth-order valence-electron chi connectivity index (χ4n) is 3.64. The van der Waals surface area contributed by atoms with Gasteiger partial charge in [-0.15, -0.1) is 0 Å². The van der Waals surface area contributed by atoms with E-state index in [0.29, 0.717) is 12.2 Å². The van der Waals surface area contributed by atoms with E-state index < -0.39 is 10.0 Å². The van der Waals surface area contributed by atoms with Crippen molar-refractivity contribution in [3.05, 3.63) is 29.3 Å². The number of para-hydroxylation sites is 1. The van der Waals surface area contributed by atoms with Gasteiger partial charge in [0, 0.05) is 6.54 Å². The molecule has 0 bridgehead atoms. The normalized spacial score (nSPS) is 16.0. The van der Waals surface area contributed by atoms with E-state index in [1.54, 1.807) is 0 Å². The van der Waals surface area contributed by atoms with Crippen molar-refractivity contribution >= 4 is 21.6 Å². The zero-order valence-corrected chi connectivity index (χ0v) is 17.6. The first-order valence-electron chi connectivity index (χ1n) is 9.82. The van der Waals surface area contributed by atoms with Crippen molar-refractivity contribution in [3.8, 4) is 0 Å². The van der Waals surface area contributed by atoms with Crippen LogP contribution in [0.3, 0.4) is 0 Å². The third kappa shape index (κ3) is 6.81. The zero-order chi connectivity index (χ0) is 19.9. The molecular weight excluding hydrogens is 362 g/mol. The van der Waals surface area contributed by atoms with Gasteiger partial charge in [0.2, 0.25) is 15.9 Å². The van der Waals surface area contributed by atoms with Gasteiger partial charge in [0.15, 0.2) is 0 Å². The fraction of sp³-hybridized carbons (Fsp3) is 0.650. The summed E-state index contributed by atoms with van der Waals surface area (Å²) in [7, 11) is -3.55. The first-order chi connectivity index (χ1) is 12.8. The molecule has 27 heavy (non-hydrogen) atoms. The largest absolute Gasteiger partial charge is 0.354 e. The minimum absolute atomic E-state index is 0.186. The van der Waals surface area contributed by atoms with Crippen LogP contribution >= 0.6 is 0 Å². The number of amides is 1. The lowest BCUT2D eigenvalue weighted by Gasteiger charge is -2.25. The molecule has 1 aromatic rings. The molecule has 0 atom stereocenters. The Bertz CT molecular complexity index is 706. The molecule has 0 aliphatic carbocycles. The van der Waals surface area contributed by atoms with Gasteiger partial charge in [-0.1, -0.05) is 31.0 Å². The molecule has 152 valence electrons. The van der Waals surface area contributed by atoms with E-state index in [1.165, 1.54) is 30.0 Å². The highest BCUT2D eigenvalue weighted by Gasteiger charge is 2.23. The predicted octanol–water partition coefficient (Wildman–Crippen LogP) is 2.45. The summed E-state index contributed by atoms with van der Waals surface area (Å²) in [6.07, 6.45) is 7.16. The van der Waals surface area contributed by atoms with Crippen LogP contribution < -0.4 is 9.62 Å². The van der Waals surface area contributed by atoms with E-state index in [2.05, 4.69) is 10.2 Å². The van der Waals surface area contributed by atoms with Gasteiger partial charge in [-0.05, 0) is 63.9 Å². The molecular formula is C20H33N3O3S. The molecule has 2 rings (SSSR count). The van der Waals surface area contributed by atoms with Crippen LogP contribution in [0.25, 0.3) is 0 Å². The van der Waals surface area contributed by atoms with Crippen molar-refractivity contribution in [2.75, 3.05) is 43.3 Å². The van der Waals surface area contributed by atoms with Crippen LogP contribution in [0.5, 0.6) is 0 Å². The summed E-state index contributed by atoms with van der Waals surface area (Å²) in [4.78, 5) is 14.8. The summed E-state index contributed by atoms with van der Waals surface area (Å²) in [5.41, 5.74) is 2.28. The number of nitrogens with one attached hydrogen (secondary N) is 1. The molecule has 1 saturated heterocycles. The SMILES string of the molecule is Cc1cccc(C)c1N(CC(=O)NCCCN1CCCCCC1)S(C)(=O)=O. The van der Waals surface area contributed by atoms with Crippen molar-refractivity contribution < 1.29 is 13.2 Å². The lowest BCUT2D eigenvalue weighted by atomic mass is 10.1. The maximum Gasteiger partial charge on any atom is 0.240 e. The molecule has 1 aliphatic heterocycles. The molecule has 0 unspecified atom stereocenters. The van der Waals surface area contributed by atoms with Crippen LogP contribution in [0.2, 0.25) is 0 Å². The standard InChI is InChI=1S/C20H33N3O3S/c1-17-10-8-11-18(2)20(17)23(27(3,25)26)16-19(24)21-12-9-15-22-13-6-4-5-7-14-22/h8,10-11H,4-7,9,12-16H2,1-3H3,(H,21,24). The number of hydrogen-bond acceptors (Lipinski definition) is 4. The minimum Gasteiger partial charge on any atom is -0.354 e. The Kier molecular flexibility index (Phi) is 8.10. The quantitative estimate of drug-likeness (QED) is 0.687. The number of rotatable bonds is 8. The average Bonchev–Trinajstić information content (AvgIpc) is 2.85. The van der Waals surface area contributed by atoms with Crippen LogP contribution in [-0.2, 0) is 14.8 Å². The van der Waals surface area contributed by atoms with E-state index in [-0.39, 0.29) is 12.5 Å². The molecule has 1 aliphatic rings. The van der Waals surface area contributed by atoms with Crippen LogP contribution in [0.15, 0.2) is 18.2 Å². The molecule has 0 saturated carbocycles. The monoisotopic (exact) mass is 395 g/mol. The van der Waals surface area contributed by atoms with Gasteiger partial charge in [0.25, 0.3) is 0 Å². The molecule has 7 heteroatoms. The summed E-state index contributed by atoms with van der Waals surface area (Å²) >= 11 is 0. The highest BCUT2D eigenvalue weighted by atomic mass is 32.2. The first-order valence-corrected chi connectivity index (χ1v) is 11.7. The molecule has 1 fully saturated rings. The Morgan fingerprint density at radius 2 is 1.70 bits per heavy atom. The van der Waals surface area contributed by atoms with E-state index >= 15 is 0 Å². The maximum atomic E-state index is 12.4. The number of likely N-dealkylation sites (tertiary alicyclic amines) is 1. The Morgan fingerprint density at radius 3 is 2.26 bits per heavy atom. The second-order valence-corrected chi connectivity index (χ2v) is 9.38. The molecule has 1 aromatic carbocycles. The summed E-state index contributed by atoms with van der Waals surface area (Å²) in [5, 5.41) is 2.88. The lowest BCUT2D eigenvalue weighted by Crippen LogP contribution is -2.41. The number of anilines is 1. The summed E-state index contributed by atoms with van der Waals surface area (Å²) < 4.78 is 25.8. The molecule has 1 amide bonds. The highest BCUT2D eigenvalue weighted by molar-refractivity contribution is 7.92. The second kappa shape index (κ2) is 10.1. The molecule has 1 N–H and O–H groups in total. The Balaban J connectivity index is 1.89. The number of aryl methyl sites for hydroxylation is 2. The Morgan fingerprint density at radius 1 is 1.11 bits per heavy atom.